The maximum atomic E-state index is 10.4. The van der Waals surface area contributed by atoms with E-state index in [2.05, 4.69) is 4.98 Å². The molecule has 0 amide bonds. The second-order valence-corrected chi connectivity index (χ2v) is 7.51. The average Bonchev–Trinajstić information content (AvgIpc) is 3.20. The Morgan fingerprint density at radius 1 is 1.08 bits per heavy atom. The molecule has 1 aromatic heterocycles. The zero-order chi connectivity index (χ0) is 18.3. The van der Waals surface area contributed by atoms with Gasteiger partial charge < -0.3 is 10.0 Å². The van der Waals surface area contributed by atoms with Crippen LogP contribution in [0.4, 0.5) is 5.69 Å². The van der Waals surface area contributed by atoms with Crippen LogP contribution < -0.4 is 4.90 Å². The normalized spacial score (nSPS) is 14.4. The Balaban J connectivity index is 1.65. The van der Waals surface area contributed by atoms with Crippen molar-refractivity contribution in [2.75, 3.05) is 11.4 Å². The lowest BCUT2D eigenvalue weighted by Gasteiger charge is -2.18. The second-order valence-electron chi connectivity index (χ2n) is 5.78. The third kappa shape index (κ3) is 3.09. The number of benzene rings is 2. The minimum atomic E-state index is 0.136. The third-order valence-corrected chi connectivity index (χ3v) is 5.43. The highest BCUT2D eigenvalue weighted by Crippen LogP contribution is 2.35. The maximum Gasteiger partial charge on any atom is 0.139 e. The molecule has 0 unspecified atom stereocenters. The molecular weight excluding hydrogens is 389 g/mol. The van der Waals surface area contributed by atoms with Gasteiger partial charge in [0.15, 0.2) is 0 Å². The van der Waals surface area contributed by atoms with E-state index in [0.29, 0.717) is 20.6 Å². The fraction of sp³-hybridized carbons (Fsp3) is 0.0526. The fourth-order valence-corrected chi connectivity index (χ4v) is 4.03. The standard InChI is InChI=1S/C19H13Cl2N3OS/c20-12-4-6-14(7-5-12)24-9-16(25)17(18(24)22)19-23-15(10-26-19)11-2-1-3-13(21)8-11/h1-8,10,22,25H,9H2. The summed E-state index contributed by atoms with van der Waals surface area (Å²) >= 11 is 13.4. The highest BCUT2D eigenvalue weighted by atomic mass is 35.5. The molecule has 2 heterocycles. The SMILES string of the molecule is N=C1C(c2nc(-c3cccc(Cl)c3)cs2)=C(O)CN1c1ccc(Cl)cc1. The van der Waals surface area contributed by atoms with Crippen molar-refractivity contribution in [2.45, 2.75) is 0 Å². The lowest BCUT2D eigenvalue weighted by atomic mass is 10.2. The third-order valence-electron chi connectivity index (χ3n) is 4.08. The van der Waals surface area contributed by atoms with Crippen molar-refractivity contribution in [1.29, 1.82) is 5.41 Å². The second kappa shape index (κ2) is 6.76. The molecule has 1 aliphatic heterocycles. The van der Waals surface area contributed by atoms with Gasteiger partial charge in [0.1, 0.15) is 16.6 Å². The van der Waals surface area contributed by atoms with Gasteiger partial charge in [0.2, 0.25) is 0 Å². The minimum absolute atomic E-state index is 0.136. The summed E-state index contributed by atoms with van der Waals surface area (Å²) in [6, 6.07) is 14.6. The van der Waals surface area contributed by atoms with Crippen LogP contribution in [0, 0.1) is 5.41 Å². The van der Waals surface area contributed by atoms with Gasteiger partial charge in [0, 0.05) is 26.7 Å². The van der Waals surface area contributed by atoms with E-state index >= 15 is 0 Å². The number of amidine groups is 1. The van der Waals surface area contributed by atoms with Crippen LogP contribution in [0.1, 0.15) is 5.01 Å². The van der Waals surface area contributed by atoms with E-state index in [1.54, 1.807) is 17.0 Å². The van der Waals surface area contributed by atoms with Crippen molar-refractivity contribution in [1.82, 2.24) is 4.98 Å². The van der Waals surface area contributed by atoms with E-state index < -0.39 is 0 Å². The van der Waals surface area contributed by atoms with Gasteiger partial charge in [-0.25, -0.2) is 4.98 Å². The molecule has 4 rings (SSSR count). The molecule has 0 spiro atoms. The molecule has 0 radical (unpaired) electrons. The van der Waals surface area contributed by atoms with Crippen LogP contribution in [0.15, 0.2) is 59.7 Å². The predicted octanol–water partition coefficient (Wildman–Crippen LogP) is 5.88. The highest BCUT2D eigenvalue weighted by molar-refractivity contribution is 7.11. The summed E-state index contributed by atoms with van der Waals surface area (Å²) in [7, 11) is 0. The maximum absolute atomic E-state index is 10.4. The molecule has 0 fully saturated rings. The van der Waals surface area contributed by atoms with Crippen LogP contribution in [0.25, 0.3) is 16.8 Å². The zero-order valence-corrected chi connectivity index (χ0v) is 15.7. The summed E-state index contributed by atoms with van der Waals surface area (Å²) in [5, 5.41) is 22.7. The number of halogens is 2. The van der Waals surface area contributed by atoms with Gasteiger partial charge in [-0.2, -0.15) is 0 Å². The van der Waals surface area contributed by atoms with Crippen LogP contribution in [-0.2, 0) is 0 Å². The summed E-state index contributed by atoms with van der Waals surface area (Å²) in [5.41, 5.74) is 2.93. The number of aliphatic hydroxyl groups is 1. The molecular formula is C19H13Cl2N3OS. The Kier molecular flexibility index (Phi) is 4.44. The Labute approximate surface area is 164 Å². The Bertz CT molecular complexity index is 1030. The molecule has 26 heavy (non-hydrogen) atoms. The van der Waals surface area contributed by atoms with Crippen LogP contribution in [-0.4, -0.2) is 22.5 Å². The number of anilines is 1. The molecule has 7 heteroatoms. The van der Waals surface area contributed by atoms with E-state index in [0.717, 1.165) is 16.9 Å². The first-order chi connectivity index (χ1) is 12.5. The first-order valence-corrected chi connectivity index (χ1v) is 9.42. The van der Waals surface area contributed by atoms with Gasteiger partial charge in [-0.1, -0.05) is 35.3 Å². The van der Waals surface area contributed by atoms with Gasteiger partial charge in [0.25, 0.3) is 0 Å². The molecule has 1 aliphatic rings. The van der Waals surface area contributed by atoms with Crippen LogP contribution in [0.5, 0.6) is 0 Å². The van der Waals surface area contributed by atoms with E-state index in [9.17, 15) is 5.11 Å². The van der Waals surface area contributed by atoms with Gasteiger partial charge in [0.05, 0.1) is 17.8 Å². The van der Waals surface area contributed by atoms with Crippen molar-refractivity contribution in [3.8, 4) is 11.3 Å². The van der Waals surface area contributed by atoms with E-state index in [4.69, 9.17) is 28.6 Å². The number of rotatable bonds is 3. The first kappa shape index (κ1) is 17.1. The summed E-state index contributed by atoms with van der Waals surface area (Å²) < 4.78 is 0. The van der Waals surface area contributed by atoms with Crippen molar-refractivity contribution in [3.05, 3.63) is 74.7 Å². The van der Waals surface area contributed by atoms with Crippen LogP contribution in [0.3, 0.4) is 0 Å². The number of nitrogens with one attached hydrogen (secondary N) is 1. The van der Waals surface area contributed by atoms with Crippen LogP contribution >= 0.6 is 34.5 Å². The van der Waals surface area contributed by atoms with Gasteiger partial charge in [-0.15, -0.1) is 11.3 Å². The van der Waals surface area contributed by atoms with Crippen molar-refractivity contribution >= 4 is 51.6 Å². The van der Waals surface area contributed by atoms with E-state index in [-0.39, 0.29) is 18.1 Å². The fourth-order valence-electron chi connectivity index (χ4n) is 2.81. The average molecular weight is 402 g/mol. The van der Waals surface area contributed by atoms with Gasteiger partial charge in [-0.3, -0.25) is 5.41 Å². The highest BCUT2D eigenvalue weighted by Gasteiger charge is 2.31. The molecule has 130 valence electrons. The summed E-state index contributed by atoms with van der Waals surface area (Å²) in [4.78, 5) is 6.32. The van der Waals surface area contributed by atoms with Crippen molar-refractivity contribution < 1.29 is 5.11 Å². The molecule has 0 bridgehead atoms. The Morgan fingerprint density at radius 2 is 1.85 bits per heavy atom. The topological polar surface area (TPSA) is 60.2 Å². The monoisotopic (exact) mass is 401 g/mol. The molecule has 3 aromatic rings. The van der Waals surface area contributed by atoms with Gasteiger partial charge >= 0.3 is 0 Å². The molecule has 2 aromatic carbocycles. The number of aromatic nitrogens is 1. The zero-order valence-electron chi connectivity index (χ0n) is 13.4. The molecule has 0 saturated carbocycles. The van der Waals surface area contributed by atoms with Gasteiger partial charge in [-0.05, 0) is 36.4 Å². The largest absolute Gasteiger partial charge is 0.510 e. The minimum Gasteiger partial charge on any atom is -0.510 e. The van der Waals surface area contributed by atoms with E-state index in [1.807, 2.05) is 41.8 Å². The summed E-state index contributed by atoms with van der Waals surface area (Å²) in [6.07, 6.45) is 0. The first-order valence-electron chi connectivity index (χ1n) is 7.79. The molecule has 4 nitrogen and oxygen atoms in total. The van der Waals surface area contributed by atoms with E-state index in [1.165, 1.54) is 11.3 Å². The molecule has 0 atom stereocenters. The lowest BCUT2D eigenvalue weighted by molar-refractivity contribution is 0.411. The van der Waals surface area contributed by atoms with Crippen LogP contribution in [0.2, 0.25) is 10.0 Å². The lowest BCUT2D eigenvalue weighted by Crippen LogP contribution is -2.25. The molecule has 2 N–H and O–H groups in total. The number of aliphatic hydroxyl groups excluding tert-OH is 1. The molecule has 0 aliphatic carbocycles. The Hall–Kier alpha value is -2.34. The quantitative estimate of drug-likeness (QED) is 0.575. The summed E-state index contributed by atoms with van der Waals surface area (Å²) in [6.45, 7) is 0.238. The predicted molar refractivity (Wildman–Crippen MR) is 109 cm³/mol. The number of hydrogen-bond acceptors (Lipinski definition) is 4. The number of hydrogen-bond donors (Lipinski definition) is 2. The van der Waals surface area contributed by atoms with Crippen molar-refractivity contribution in [3.63, 3.8) is 0 Å². The number of thiazole rings is 1. The molecule has 0 saturated heterocycles. The Morgan fingerprint density at radius 3 is 2.58 bits per heavy atom. The smallest absolute Gasteiger partial charge is 0.139 e. The van der Waals surface area contributed by atoms with Crippen molar-refractivity contribution in [2.24, 2.45) is 0 Å². The number of nitrogens with zero attached hydrogens (tertiary/aromatic N) is 2. The summed E-state index contributed by atoms with van der Waals surface area (Å²) in [5.74, 6) is 0.355.